The number of allylic oxidation sites excluding steroid dienone is 1. The van der Waals surface area contributed by atoms with Crippen molar-refractivity contribution in [3.05, 3.63) is 77.6 Å². The molecule has 0 radical (unpaired) electrons. The van der Waals surface area contributed by atoms with Crippen molar-refractivity contribution < 1.29 is 4.79 Å². The minimum Gasteiger partial charge on any atom is -0.404 e. The minimum atomic E-state index is 0.275. The molecule has 1 amide bonds. The first-order chi connectivity index (χ1) is 15.6. The number of fused-ring (bicyclic) bond motifs is 1. The molecule has 0 unspecified atom stereocenters. The van der Waals surface area contributed by atoms with Gasteiger partial charge in [-0.3, -0.25) is 4.79 Å². The number of benzene rings is 2. The predicted molar refractivity (Wildman–Crippen MR) is 132 cm³/mol. The molecule has 1 saturated heterocycles. The van der Waals surface area contributed by atoms with Gasteiger partial charge in [0.15, 0.2) is 0 Å². The number of hydrogen-bond acceptors (Lipinski definition) is 3. The van der Waals surface area contributed by atoms with Crippen molar-refractivity contribution in [3.63, 3.8) is 0 Å². The molecule has 3 aromatic rings. The molecule has 166 valence electrons. The van der Waals surface area contributed by atoms with Gasteiger partial charge in [-0.15, -0.1) is 0 Å². The van der Waals surface area contributed by atoms with E-state index in [1.165, 1.54) is 34.6 Å². The zero-order valence-electron chi connectivity index (χ0n) is 18.8. The van der Waals surface area contributed by atoms with Crippen LogP contribution in [0, 0.1) is 18.3 Å². The Kier molecular flexibility index (Phi) is 6.74. The van der Waals surface area contributed by atoms with E-state index in [-0.39, 0.29) is 5.91 Å². The van der Waals surface area contributed by atoms with Crippen LogP contribution in [0.5, 0.6) is 0 Å². The van der Waals surface area contributed by atoms with Crippen LogP contribution in [0.4, 0.5) is 0 Å². The van der Waals surface area contributed by atoms with E-state index in [0.717, 1.165) is 50.0 Å². The molecule has 1 aliphatic heterocycles. The number of amides is 1. The van der Waals surface area contributed by atoms with Crippen LogP contribution in [0.15, 0.2) is 60.8 Å². The summed E-state index contributed by atoms with van der Waals surface area (Å²) < 4.78 is 2.40. The van der Waals surface area contributed by atoms with Crippen LogP contribution in [0.2, 0.25) is 0 Å². The molecule has 5 nitrogen and oxygen atoms in total. The van der Waals surface area contributed by atoms with Gasteiger partial charge in [0.05, 0.1) is 0 Å². The van der Waals surface area contributed by atoms with E-state index in [4.69, 9.17) is 11.1 Å². The molecule has 0 saturated carbocycles. The Bertz CT molecular complexity index is 1120. The van der Waals surface area contributed by atoms with Crippen molar-refractivity contribution >= 4 is 28.6 Å². The van der Waals surface area contributed by atoms with Gasteiger partial charge in [0.1, 0.15) is 0 Å². The zero-order valence-corrected chi connectivity index (χ0v) is 18.8. The Labute approximate surface area is 190 Å². The SMILES string of the molecule is Cc1cc2cc(/C(C=N)=C/N)ccc2n1CC1CCN(C(=O)CCc2ccccc2)CC1. The summed E-state index contributed by atoms with van der Waals surface area (Å²) in [6.07, 6.45) is 6.26. The molecule has 1 aliphatic rings. The average Bonchev–Trinajstić information content (AvgIpc) is 3.13. The molecule has 0 spiro atoms. The first kappa shape index (κ1) is 21.9. The van der Waals surface area contributed by atoms with E-state index < -0.39 is 0 Å². The third kappa shape index (κ3) is 4.77. The number of nitrogens with one attached hydrogen (secondary N) is 1. The topological polar surface area (TPSA) is 75.1 Å². The van der Waals surface area contributed by atoms with E-state index in [1.807, 2.05) is 29.2 Å². The summed E-state index contributed by atoms with van der Waals surface area (Å²) >= 11 is 0. The van der Waals surface area contributed by atoms with Crippen LogP contribution in [0.25, 0.3) is 16.5 Å². The van der Waals surface area contributed by atoms with Gasteiger partial charge in [-0.1, -0.05) is 36.4 Å². The van der Waals surface area contributed by atoms with Gasteiger partial charge >= 0.3 is 0 Å². The summed E-state index contributed by atoms with van der Waals surface area (Å²) in [7, 11) is 0. The lowest BCUT2D eigenvalue weighted by Crippen LogP contribution is -2.39. The lowest BCUT2D eigenvalue weighted by molar-refractivity contribution is -0.132. The number of aryl methyl sites for hydroxylation is 2. The molecule has 0 aliphatic carbocycles. The third-order valence-corrected chi connectivity index (χ3v) is 6.66. The smallest absolute Gasteiger partial charge is 0.222 e. The number of nitrogens with zero attached hydrogens (tertiary/aromatic N) is 2. The van der Waals surface area contributed by atoms with Crippen molar-refractivity contribution in [3.8, 4) is 0 Å². The maximum atomic E-state index is 12.7. The number of carbonyl (C=O) groups excluding carboxylic acids is 1. The minimum absolute atomic E-state index is 0.275. The number of likely N-dealkylation sites (tertiary alicyclic amines) is 1. The van der Waals surface area contributed by atoms with Gasteiger partial charge in [-0.05, 0) is 61.4 Å². The Morgan fingerprint density at radius 3 is 2.56 bits per heavy atom. The molecule has 32 heavy (non-hydrogen) atoms. The summed E-state index contributed by atoms with van der Waals surface area (Å²) in [5.74, 6) is 0.848. The van der Waals surface area contributed by atoms with Gasteiger partial charge in [-0.2, -0.15) is 0 Å². The third-order valence-electron chi connectivity index (χ3n) is 6.66. The van der Waals surface area contributed by atoms with E-state index in [0.29, 0.717) is 12.3 Å². The fourth-order valence-corrected chi connectivity index (χ4v) is 4.74. The largest absolute Gasteiger partial charge is 0.404 e. The Morgan fingerprint density at radius 1 is 1.12 bits per heavy atom. The summed E-state index contributed by atoms with van der Waals surface area (Å²) in [6.45, 7) is 4.83. The molecule has 3 N–H and O–H groups in total. The Balaban J connectivity index is 1.36. The van der Waals surface area contributed by atoms with Crippen LogP contribution >= 0.6 is 0 Å². The second-order valence-corrected chi connectivity index (χ2v) is 8.75. The molecule has 4 rings (SSSR count). The van der Waals surface area contributed by atoms with E-state index >= 15 is 0 Å². The highest BCUT2D eigenvalue weighted by molar-refractivity contribution is 6.09. The van der Waals surface area contributed by atoms with Gasteiger partial charge in [0.2, 0.25) is 5.91 Å². The molecule has 2 aromatic carbocycles. The molecule has 1 fully saturated rings. The van der Waals surface area contributed by atoms with Crippen molar-refractivity contribution in [2.75, 3.05) is 13.1 Å². The lowest BCUT2D eigenvalue weighted by Gasteiger charge is -2.32. The van der Waals surface area contributed by atoms with Crippen molar-refractivity contribution in [1.82, 2.24) is 9.47 Å². The summed E-state index contributed by atoms with van der Waals surface area (Å²) in [5.41, 5.74) is 11.0. The number of nitrogens with two attached hydrogens (primary N) is 1. The van der Waals surface area contributed by atoms with Crippen LogP contribution < -0.4 is 5.73 Å². The quantitative estimate of drug-likeness (QED) is 0.532. The summed E-state index contributed by atoms with van der Waals surface area (Å²) in [6, 6.07) is 18.7. The molecule has 1 aromatic heterocycles. The second-order valence-electron chi connectivity index (χ2n) is 8.75. The Morgan fingerprint density at radius 2 is 1.88 bits per heavy atom. The number of aromatic nitrogens is 1. The van der Waals surface area contributed by atoms with Gasteiger partial charge < -0.3 is 20.6 Å². The summed E-state index contributed by atoms with van der Waals surface area (Å²) in [4.78, 5) is 14.7. The van der Waals surface area contributed by atoms with Crippen LogP contribution in [0.1, 0.15) is 36.1 Å². The van der Waals surface area contributed by atoms with E-state index in [9.17, 15) is 4.79 Å². The van der Waals surface area contributed by atoms with Crippen LogP contribution in [-0.2, 0) is 17.8 Å². The molecule has 2 heterocycles. The number of carbonyl (C=O) groups is 1. The van der Waals surface area contributed by atoms with E-state index in [2.05, 4.69) is 41.8 Å². The number of rotatable bonds is 7. The zero-order chi connectivity index (χ0) is 22.5. The second kappa shape index (κ2) is 9.86. The fraction of sp³-hybridized carbons (Fsp3) is 0.333. The van der Waals surface area contributed by atoms with Gasteiger partial charge in [-0.25, -0.2) is 0 Å². The lowest BCUT2D eigenvalue weighted by atomic mass is 9.96. The average molecular weight is 429 g/mol. The van der Waals surface area contributed by atoms with Crippen LogP contribution in [0.3, 0.4) is 0 Å². The highest BCUT2D eigenvalue weighted by atomic mass is 16.2. The molecule has 0 bridgehead atoms. The van der Waals surface area contributed by atoms with Crippen molar-refractivity contribution in [2.45, 2.75) is 39.2 Å². The first-order valence-corrected chi connectivity index (χ1v) is 11.4. The van der Waals surface area contributed by atoms with Crippen molar-refractivity contribution in [1.29, 1.82) is 5.41 Å². The fourth-order valence-electron chi connectivity index (χ4n) is 4.74. The maximum absolute atomic E-state index is 12.7. The highest BCUT2D eigenvalue weighted by Crippen LogP contribution is 2.27. The highest BCUT2D eigenvalue weighted by Gasteiger charge is 2.23. The standard InChI is InChI=1S/C27H32N4O/c1-20-15-24-16-23(25(17-28)18-29)8-9-26(24)31(20)19-22-11-13-30(14-12-22)27(32)10-7-21-5-3-2-4-6-21/h2-6,8-9,15-18,22,28H,7,10-14,19,29H2,1H3/b25-18+,28-17?. The van der Waals surface area contributed by atoms with E-state index in [1.54, 1.807) is 0 Å². The normalized spacial score (nSPS) is 15.3. The van der Waals surface area contributed by atoms with Crippen LogP contribution in [-0.4, -0.2) is 34.7 Å². The number of hydrogen-bond donors (Lipinski definition) is 2. The molecule has 0 atom stereocenters. The van der Waals surface area contributed by atoms with Gasteiger partial charge in [0, 0.05) is 60.6 Å². The van der Waals surface area contributed by atoms with Crippen molar-refractivity contribution in [2.24, 2.45) is 11.7 Å². The molecule has 5 heteroatoms. The molecular formula is C27H32N4O. The Hall–Kier alpha value is -3.34. The molecular weight excluding hydrogens is 396 g/mol. The predicted octanol–water partition coefficient (Wildman–Crippen LogP) is 4.77. The van der Waals surface area contributed by atoms with Gasteiger partial charge in [0.25, 0.3) is 0 Å². The number of piperidine rings is 1. The maximum Gasteiger partial charge on any atom is 0.222 e. The monoisotopic (exact) mass is 428 g/mol. The summed E-state index contributed by atoms with van der Waals surface area (Å²) in [5, 5.41) is 8.71. The first-order valence-electron chi connectivity index (χ1n) is 11.4.